The Balaban J connectivity index is 1.65. The van der Waals surface area contributed by atoms with E-state index in [0.29, 0.717) is 33.8 Å². The van der Waals surface area contributed by atoms with Gasteiger partial charge in [0, 0.05) is 29.5 Å². The van der Waals surface area contributed by atoms with Gasteiger partial charge in [-0.05, 0) is 73.9 Å². The minimum absolute atomic E-state index is 0.309. The van der Waals surface area contributed by atoms with Crippen LogP contribution in [0, 0.1) is 6.92 Å². The second-order valence-electron chi connectivity index (χ2n) is 6.89. The molecule has 0 amide bonds. The standard InChI is InChI=1S/C20H24ClN3O2S2/c1-15-6-7-17(14-19(15)21)23-20(27)22-16-8-10-18(11-9-16)28(25,26)24-12-4-2-3-5-13-24/h6-11,14H,2-5,12-13H2,1H3,(H2,22,23,27). The Hall–Kier alpha value is -1.67. The highest BCUT2D eigenvalue weighted by atomic mass is 35.5. The molecule has 8 heteroatoms. The zero-order chi connectivity index (χ0) is 20.1. The number of nitrogens with one attached hydrogen (secondary N) is 2. The fourth-order valence-corrected chi connectivity index (χ4v) is 5.04. The van der Waals surface area contributed by atoms with Crippen molar-refractivity contribution in [3.8, 4) is 0 Å². The van der Waals surface area contributed by atoms with E-state index in [1.54, 1.807) is 28.6 Å². The molecule has 0 bridgehead atoms. The van der Waals surface area contributed by atoms with Gasteiger partial charge in [-0.25, -0.2) is 8.42 Å². The average molecular weight is 438 g/mol. The van der Waals surface area contributed by atoms with Crippen molar-refractivity contribution in [2.75, 3.05) is 23.7 Å². The van der Waals surface area contributed by atoms with Gasteiger partial charge in [0.05, 0.1) is 4.90 Å². The monoisotopic (exact) mass is 437 g/mol. The first kappa shape index (κ1) is 21.0. The summed E-state index contributed by atoms with van der Waals surface area (Å²) in [5, 5.41) is 7.20. The molecule has 0 aromatic heterocycles. The maximum atomic E-state index is 12.8. The van der Waals surface area contributed by atoms with E-state index >= 15 is 0 Å². The minimum atomic E-state index is -3.45. The lowest BCUT2D eigenvalue weighted by atomic mass is 10.2. The number of rotatable bonds is 4. The molecular weight excluding hydrogens is 414 g/mol. The van der Waals surface area contributed by atoms with Gasteiger partial charge in [0.15, 0.2) is 5.11 Å². The van der Waals surface area contributed by atoms with Crippen molar-refractivity contribution >= 4 is 50.3 Å². The van der Waals surface area contributed by atoms with E-state index in [9.17, 15) is 8.42 Å². The maximum absolute atomic E-state index is 12.8. The summed E-state index contributed by atoms with van der Waals surface area (Å²) in [6, 6.07) is 12.3. The molecule has 2 aromatic rings. The Kier molecular flexibility index (Phi) is 6.93. The van der Waals surface area contributed by atoms with Crippen LogP contribution in [0.2, 0.25) is 5.02 Å². The molecule has 28 heavy (non-hydrogen) atoms. The third-order valence-electron chi connectivity index (χ3n) is 4.74. The molecule has 1 aliphatic rings. The molecule has 3 rings (SSSR count). The molecule has 0 saturated carbocycles. The topological polar surface area (TPSA) is 61.4 Å². The largest absolute Gasteiger partial charge is 0.332 e. The summed E-state index contributed by atoms with van der Waals surface area (Å²) in [7, 11) is -3.45. The first-order valence-corrected chi connectivity index (χ1v) is 11.5. The molecule has 150 valence electrons. The van der Waals surface area contributed by atoms with E-state index in [1.807, 2.05) is 25.1 Å². The van der Waals surface area contributed by atoms with E-state index in [1.165, 1.54) is 0 Å². The predicted octanol–water partition coefficient (Wildman–Crippen LogP) is 5.02. The maximum Gasteiger partial charge on any atom is 0.243 e. The number of hydrogen-bond acceptors (Lipinski definition) is 3. The highest BCUT2D eigenvalue weighted by molar-refractivity contribution is 7.89. The number of benzene rings is 2. The van der Waals surface area contributed by atoms with Crippen LogP contribution < -0.4 is 10.6 Å². The van der Waals surface area contributed by atoms with Gasteiger partial charge >= 0.3 is 0 Å². The highest BCUT2D eigenvalue weighted by Gasteiger charge is 2.24. The van der Waals surface area contributed by atoms with Gasteiger partial charge in [-0.15, -0.1) is 0 Å². The molecule has 0 spiro atoms. The van der Waals surface area contributed by atoms with Crippen LogP contribution in [-0.4, -0.2) is 30.9 Å². The number of nitrogens with zero attached hydrogens (tertiary/aromatic N) is 1. The highest BCUT2D eigenvalue weighted by Crippen LogP contribution is 2.23. The minimum Gasteiger partial charge on any atom is -0.332 e. The molecule has 1 heterocycles. The zero-order valence-corrected chi connectivity index (χ0v) is 18.1. The third-order valence-corrected chi connectivity index (χ3v) is 7.27. The van der Waals surface area contributed by atoms with Crippen LogP contribution >= 0.6 is 23.8 Å². The molecule has 2 aromatic carbocycles. The van der Waals surface area contributed by atoms with E-state index in [4.69, 9.17) is 23.8 Å². The SMILES string of the molecule is Cc1ccc(NC(=S)Nc2ccc(S(=O)(=O)N3CCCCCC3)cc2)cc1Cl. The second-order valence-corrected chi connectivity index (χ2v) is 9.64. The lowest BCUT2D eigenvalue weighted by Crippen LogP contribution is -2.31. The molecule has 0 atom stereocenters. The molecule has 5 nitrogen and oxygen atoms in total. The number of anilines is 2. The quantitative estimate of drug-likeness (QED) is 0.657. The van der Waals surface area contributed by atoms with Gasteiger partial charge < -0.3 is 10.6 Å². The molecular formula is C20H24ClN3O2S2. The van der Waals surface area contributed by atoms with Crippen molar-refractivity contribution in [1.82, 2.24) is 4.31 Å². The van der Waals surface area contributed by atoms with Crippen molar-refractivity contribution in [2.24, 2.45) is 0 Å². The average Bonchev–Trinajstić information content (AvgIpc) is 2.95. The van der Waals surface area contributed by atoms with Crippen LogP contribution in [0.1, 0.15) is 31.2 Å². The molecule has 2 N–H and O–H groups in total. The van der Waals surface area contributed by atoms with E-state index in [-0.39, 0.29) is 0 Å². The number of halogens is 1. The van der Waals surface area contributed by atoms with E-state index < -0.39 is 10.0 Å². The Morgan fingerprint density at radius 1 is 0.964 bits per heavy atom. The van der Waals surface area contributed by atoms with Crippen LogP contribution in [-0.2, 0) is 10.0 Å². The molecule has 0 aliphatic carbocycles. The Bertz CT molecular complexity index is 938. The summed E-state index contributed by atoms with van der Waals surface area (Å²) in [5.41, 5.74) is 2.49. The number of hydrogen-bond donors (Lipinski definition) is 2. The van der Waals surface area contributed by atoms with Gasteiger partial charge in [0.1, 0.15) is 0 Å². The first-order chi connectivity index (χ1) is 13.4. The van der Waals surface area contributed by atoms with Crippen molar-refractivity contribution in [3.63, 3.8) is 0 Å². The van der Waals surface area contributed by atoms with Crippen LogP contribution in [0.3, 0.4) is 0 Å². The normalized spacial score (nSPS) is 15.6. The Morgan fingerprint density at radius 2 is 1.54 bits per heavy atom. The van der Waals surface area contributed by atoms with Gasteiger partial charge in [-0.2, -0.15) is 4.31 Å². The molecule has 1 saturated heterocycles. The van der Waals surface area contributed by atoms with E-state index in [0.717, 1.165) is 36.9 Å². The smallest absolute Gasteiger partial charge is 0.243 e. The van der Waals surface area contributed by atoms with Crippen molar-refractivity contribution in [2.45, 2.75) is 37.5 Å². The van der Waals surface area contributed by atoms with Crippen LogP contribution in [0.25, 0.3) is 0 Å². The lowest BCUT2D eigenvalue weighted by Gasteiger charge is -2.20. The van der Waals surface area contributed by atoms with Gasteiger partial charge in [-0.1, -0.05) is 30.5 Å². The molecule has 1 fully saturated rings. The fraction of sp³-hybridized carbons (Fsp3) is 0.350. The van der Waals surface area contributed by atoms with E-state index in [2.05, 4.69) is 10.6 Å². The lowest BCUT2D eigenvalue weighted by molar-refractivity contribution is 0.424. The van der Waals surface area contributed by atoms with Gasteiger partial charge in [-0.3, -0.25) is 0 Å². The Morgan fingerprint density at radius 3 is 2.14 bits per heavy atom. The van der Waals surface area contributed by atoms with Gasteiger partial charge in [0.2, 0.25) is 10.0 Å². The molecule has 1 aliphatic heterocycles. The summed E-state index contributed by atoms with van der Waals surface area (Å²) in [6.45, 7) is 3.12. The third kappa shape index (κ3) is 5.23. The Labute approximate surface area is 177 Å². The zero-order valence-electron chi connectivity index (χ0n) is 15.7. The summed E-state index contributed by atoms with van der Waals surface area (Å²) < 4.78 is 27.3. The van der Waals surface area contributed by atoms with Crippen molar-refractivity contribution < 1.29 is 8.42 Å². The second kappa shape index (κ2) is 9.22. The first-order valence-electron chi connectivity index (χ1n) is 9.30. The van der Waals surface area contributed by atoms with Crippen LogP contribution in [0.15, 0.2) is 47.4 Å². The number of thiocarbonyl (C=S) groups is 1. The van der Waals surface area contributed by atoms with Crippen LogP contribution in [0.5, 0.6) is 0 Å². The van der Waals surface area contributed by atoms with Crippen molar-refractivity contribution in [3.05, 3.63) is 53.1 Å². The fourth-order valence-electron chi connectivity index (χ4n) is 3.11. The van der Waals surface area contributed by atoms with Gasteiger partial charge in [0.25, 0.3) is 0 Å². The number of aryl methyl sites for hydroxylation is 1. The molecule has 0 radical (unpaired) electrons. The summed E-state index contributed by atoms with van der Waals surface area (Å²) in [6.07, 6.45) is 4.01. The summed E-state index contributed by atoms with van der Waals surface area (Å²) >= 11 is 11.5. The summed E-state index contributed by atoms with van der Waals surface area (Å²) in [4.78, 5) is 0.309. The van der Waals surface area contributed by atoms with Crippen molar-refractivity contribution in [1.29, 1.82) is 0 Å². The van der Waals surface area contributed by atoms with Crippen LogP contribution in [0.4, 0.5) is 11.4 Å². The number of sulfonamides is 1. The molecule has 0 unspecified atom stereocenters. The predicted molar refractivity (Wildman–Crippen MR) is 120 cm³/mol. The summed E-state index contributed by atoms with van der Waals surface area (Å²) in [5.74, 6) is 0.